The lowest BCUT2D eigenvalue weighted by Gasteiger charge is -2.55. The summed E-state index contributed by atoms with van der Waals surface area (Å²) >= 11 is 0. The van der Waals surface area contributed by atoms with Gasteiger partial charge in [-0.25, -0.2) is 4.98 Å². The molecule has 1 aromatic heterocycles. The van der Waals surface area contributed by atoms with Gasteiger partial charge in [0.1, 0.15) is 5.82 Å². The molecular formula is C16H26N4O. The number of β-lactam (4-membered cyclic amide) rings is 1. The van der Waals surface area contributed by atoms with Gasteiger partial charge < -0.3 is 9.47 Å². The van der Waals surface area contributed by atoms with E-state index in [1.807, 2.05) is 19.4 Å². The van der Waals surface area contributed by atoms with Crippen molar-refractivity contribution in [3.63, 3.8) is 0 Å². The molecule has 3 rings (SSSR count). The van der Waals surface area contributed by atoms with E-state index in [9.17, 15) is 4.79 Å². The van der Waals surface area contributed by atoms with Gasteiger partial charge >= 0.3 is 0 Å². The first-order valence-corrected chi connectivity index (χ1v) is 8.05. The van der Waals surface area contributed by atoms with Crippen molar-refractivity contribution in [3.8, 4) is 0 Å². The third kappa shape index (κ3) is 2.48. The van der Waals surface area contributed by atoms with Gasteiger partial charge in [-0.15, -0.1) is 0 Å². The zero-order valence-electron chi connectivity index (χ0n) is 13.4. The lowest BCUT2D eigenvalue weighted by Crippen LogP contribution is -2.68. The monoisotopic (exact) mass is 290 g/mol. The molecule has 0 aliphatic carbocycles. The SMILES string of the molecule is CC[C@H](C)N1C[C@]2(CCCN(Cc3nccn3C)C2)C1=O. The van der Waals surface area contributed by atoms with Crippen molar-refractivity contribution >= 4 is 5.91 Å². The lowest BCUT2D eigenvalue weighted by molar-refractivity contribution is -0.170. The molecule has 1 spiro atoms. The van der Waals surface area contributed by atoms with E-state index in [1.165, 1.54) is 0 Å². The van der Waals surface area contributed by atoms with Crippen LogP contribution in [0, 0.1) is 5.41 Å². The Kier molecular flexibility index (Phi) is 3.78. The van der Waals surface area contributed by atoms with E-state index in [0.29, 0.717) is 11.9 Å². The molecule has 5 heteroatoms. The predicted octanol–water partition coefficient (Wildman–Crippen LogP) is 1.64. The molecular weight excluding hydrogens is 264 g/mol. The Morgan fingerprint density at radius 3 is 2.86 bits per heavy atom. The molecule has 2 fully saturated rings. The fourth-order valence-corrected chi connectivity index (χ4v) is 3.67. The summed E-state index contributed by atoms with van der Waals surface area (Å²) in [5, 5.41) is 0. The normalized spacial score (nSPS) is 28.0. The van der Waals surface area contributed by atoms with Crippen molar-refractivity contribution in [1.29, 1.82) is 0 Å². The van der Waals surface area contributed by atoms with Gasteiger partial charge in [0, 0.05) is 38.6 Å². The lowest BCUT2D eigenvalue weighted by atomic mass is 9.71. The topological polar surface area (TPSA) is 41.4 Å². The molecule has 5 nitrogen and oxygen atoms in total. The minimum Gasteiger partial charge on any atom is -0.338 e. The smallest absolute Gasteiger partial charge is 0.232 e. The Hall–Kier alpha value is -1.36. The zero-order valence-corrected chi connectivity index (χ0v) is 13.4. The van der Waals surface area contributed by atoms with E-state index in [-0.39, 0.29) is 5.41 Å². The van der Waals surface area contributed by atoms with Crippen LogP contribution in [0.3, 0.4) is 0 Å². The molecule has 1 aromatic rings. The van der Waals surface area contributed by atoms with Crippen molar-refractivity contribution in [3.05, 3.63) is 18.2 Å². The van der Waals surface area contributed by atoms with Crippen LogP contribution in [-0.2, 0) is 18.4 Å². The summed E-state index contributed by atoms with van der Waals surface area (Å²) in [6, 6.07) is 0.382. The molecule has 1 amide bonds. The number of amides is 1. The number of aryl methyl sites for hydroxylation is 1. The number of aromatic nitrogens is 2. The summed E-state index contributed by atoms with van der Waals surface area (Å²) in [5.41, 5.74) is -0.104. The third-order valence-corrected chi connectivity index (χ3v) is 5.25. The molecule has 0 aromatic carbocycles. The van der Waals surface area contributed by atoms with E-state index in [0.717, 1.165) is 51.3 Å². The zero-order chi connectivity index (χ0) is 15.0. The number of hydrogen-bond donors (Lipinski definition) is 0. The quantitative estimate of drug-likeness (QED) is 0.792. The van der Waals surface area contributed by atoms with Crippen LogP contribution in [0.2, 0.25) is 0 Å². The molecule has 0 saturated carbocycles. The highest BCUT2D eigenvalue weighted by Crippen LogP contribution is 2.41. The van der Waals surface area contributed by atoms with Crippen LogP contribution in [-0.4, -0.2) is 50.9 Å². The number of rotatable bonds is 4. The molecule has 0 unspecified atom stereocenters. The van der Waals surface area contributed by atoms with Crippen LogP contribution in [0.15, 0.2) is 12.4 Å². The average Bonchev–Trinajstić information content (AvgIpc) is 2.89. The molecule has 2 saturated heterocycles. The number of hydrogen-bond acceptors (Lipinski definition) is 3. The number of carbonyl (C=O) groups is 1. The van der Waals surface area contributed by atoms with E-state index in [4.69, 9.17) is 0 Å². The number of nitrogens with zero attached hydrogens (tertiary/aromatic N) is 4. The molecule has 3 heterocycles. The summed E-state index contributed by atoms with van der Waals surface area (Å²) in [6.45, 7) is 8.06. The first-order valence-electron chi connectivity index (χ1n) is 8.05. The minimum atomic E-state index is -0.104. The highest BCUT2D eigenvalue weighted by Gasteiger charge is 2.54. The molecule has 21 heavy (non-hydrogen) atoms. The van der Waals surface area contributed by atoms with E-state index < -0.39 is 0 Å². The summed E-state index contributed by atoms with van der Waals surface area (Å²) in [4.78, 5) is 21.5. The first kappa shape index (κ1) is 14.6. The molecule has 0 radical (unpaired) electrons. The van der Waals surface area contributed by atoms with Crippen LogP contribution in [0.1, 0.15) is 38.9 Å². The Morgan fingerprint density at radius 1 is 1.43 bits per heavy atom. The van der Waals surface area contributed by atoms with Gasteiger partial charge in [-0.1, -0.05) is 6.92 Å². The minimum absolute atomic E-state index is 0.104. The van der Waals surface area contributed by atoms with Crippen molar-refractivity contribution < 1.29 is 4.79 Å². The van der Waals surface area contributed by atoms with Gasteiger partial charge in [0.2, 0.25) is 5.91 Å². The van der Waals surface area contributed by atoms with Gasteiger partial charge in [-0.2, -0.15) is 0 Å². The molecule has 2 atom stereocenters. The second-order valence-corrected chi connectivity index (χ2v) is 6.74. The van der Waals surface area contributed by atoms with Crippen LogP contribution in [0.25, 0.3) is 0 Å². The maximum absolute atomic E-state index is 12.6. The summed E-state index contributed by atoms with van der Waals surface area (Å²) in [7, 11) is 2.03. The number of imidazole rings is 1. The molecule has 2 aliphatic rings. The largest absolute Gasteiger partial charge is 0.338 e. The maximum atomic E-state index is 12.6. The fourth-order valence-electron chi connectivity index (χ4n) is 3.67. The Bertz CT molecular complexity index is 526. The Labute approximate surface area is 126 Å². The maximum Gasteiger partial charge on any atom is 0.232 e. The second kappa shape index (κ2) is 5.44. The second-order valence-electron chi connectivity index (χ2n) is 6.74. The van der Waals surface area contributed by atoms with Crippen LogP contribution < -0.4 is 0 Å². The van der Waals surface area contributed by atoms with Gasteiger partial charge in [-0.05, 0) is 32.7 Å². The first-order chi connectivity index (χ1) is 10.1. The Balaban J connectivity index is 1.64. The molecule has 0 N–H and O–H groups in total. The fraction of sp³-hybridized carbons (Fsp3) is 0.750. The van der Waals surface area contributed by atoms with Gasteiger partial charge in [-0.3, -0.25) is 9.69 Å². The Morgan fingerprint density at radius 2 is 2.24 bits per heavy atom. The number of piperidine rings is 1. The van der Waals surface area contributed by atoms with Crippen molar-refractivity contribution in [1.82, 2.24) is 19.4 Å². The standard InChI is InChI=1S/C16H26N4O/c1-4-13(2)20-12-16(15(20)21)6-5-8-19(11-16)10-14-17-7-9-18(14)3/h7,9,13H,4-6,8,10-12H2,1-3H3/t13-,16+/m0/s1. The highest BCUT2D eigenvalue weighted by atomic mass is 16.2. The third-order valence-electron chi connectivity index (χ3n) is 5.25. The summed E-state index contributed by atoms with van der Waals surface area (Å²) in [5.74, 6) is 1.46. The van der Waals surface area contributed by atoms with Gasteiger partial charge in [0.25, 0.3) is 0 Å². The molecule has 0 bridgehead atoms. The van der Waals surface area contributed by atoms with E-state index >= 15 is 0 Å². The van der Waals surface area contributed by atoms with E-state index in [1.54, 1.807) is 0 Å². The summed E-state index contributed by atoms with van der Waals surface area (Å²) in [6.07, 6.45) is 7.03. The van der Waals surface area contributed by atoms with Gasteiger partial charge in [0.05, 0.1) is 12.0 Å². The van der Waals surface area contributed by atoms with E-state index in [2.05, 4.69) is 33.2 Å². The average molecular weight is 290 g/mol. The molecule has 2 aliphatic heterocycles. The molecule has 116 valence electrons. The van der Waals surface area contributed by atoms with Crippen molar-refractivity contribution in [2.75, 3.05) is 19.6 Å². The number of likely N-dealkylation sites (tertiary alicyclic amines) is 2. The van der Waals surface area contributed by atoms with Crippen molar-refractivity contribution in [2.45, 2.75) is 45.7 Å². The van der Waals surface area contributed by atoms with Crippen LogP contribution >= 0.6 is 0 Å². The highest BCUT2D eigenvalue weighted by molar-refractivity contribution is 5.89. The van der Waals surface area contributed by atoms with Gasteiger partial charge in [0.15, 0.2) is 0 Å². The number of carbonyl (C=O) groups excluding carboxylic acids is 1. The van der Waals surface area contributed by atoms with Crippen LogP contribution in [0.5, 0.6) is 0 Å². The predicted molar refractivity (Wildman–Crippen MR) is 81.6 cm³/mol. The van der Waals surface area contributed by atoms with Crippen molar-refractivity contribution in [2.24, 2.45) is 12.5 Å². The summed E-state index contributed by atoms with van der Waals surface area (Å²) < 4.78 is 2.06. The van der Waals surface area contributed by atoms with Crippen LogP contribution in [0.4, 0.5) is 0 Å².